The van der Waals surface area contributed by atoms with Crippen LogP contribution in [0.3, 0.4) is 0 Å². The van der Waals surface area contributed by atoms with Gasteiger partial charge in [0.15, 0.2) is 0 Å². The first-order valence-electron chi connectivity index (χ1n) is 16.7. The number of rotatable bonds is 3. The monoisotopic (exact) mass is 712 g/mol. The molecule has 3 aromatic rings. The van der Waals surface area contributed by atoms with E-state index >= 15 is 8.22 Å². The predicted octanol–water partition coefficient (Wildman–Crippen LogP) is -0.236. The van der Waals surface area contributed by atoms with Gasteiger partial charge in [0.2, 0.25) is 0 Å². The van der Waals surface area contributed by atoms with E-state index in [4.69, 9.17) is 28.4 Å². The predicted molar refractivity (Wildman–Crippen MR) is 184 cm³/mol. The van der Waals surface area contributed by atoms with Crippen molar-refractivity contribution in [2.75, 3.05) is 119 Å². The molecule has 3 saturated heterocycles. The first kappa shape index (κ1) is 41.5. The van der Waals surface area contributed by atoms with Crippen LogP contribution in [0.1, 0.15) is 0 Å². The first-order chi connectivity index (χ1) is 23.1. The van der Waals surface area contributed by atoms with Crippen molar-refractivity contribution in [3.8, 4) is 0 Å². The summed E-state index contributed by atoms with van der Waals surface area (Å²) in [4.78, 5) is 4.62. The summed E-state index contributed by atoms with van der Waals surface area (Å²) >= 11 is 0. The van der Waals surface area contributed by atoms with Gasteiger partial charge in [-0.15, -0.1) is 0 Å². The van der Waals surface area contributed by atoms with Gasteiger partial charge in [-0.05, 0) is 0 Å². The number of nitrogens with zero attached hydrogens (tertiary/aromatic N) is 2. The van der Waals surface area contributed by atoms with Crippen LogP contribution in [-0.4, -0.2) is 136 Å². The standard InChI is InChI=1S/C18H15F2Si.C18H36N2O6.K/c19-21(20,16-10-4-1-5-11-16,17-12-6-2-7-13-17)18-14-8-3-9-15-18;1-7-21-13-14-24-10-4-20-5-11-25-17-15-22-8-2-19(1)3-9-23-16-18-26-12-6-20;/h1-15H;1-18H2;/q-1;;+1. The smallest absolute Gasteiger partial charge is 1.00 e. The molecule has 48 heavy (non-hydrogen) atoms. The molecule has 0 aromatic heterocycles. The quantitative estimate of drug-likeness (QED) is 0.210. The van der Waals surface area contributed by atoms with Crippen molar-refractivity contribution in [1.29, 1.82) is 0 Å². The van der Waals surface area contributed by atoms with Crippen LogP contribution in [0.15, 0.2) is 91.0 Å². The molecule has 0 saturated carbocycles. The molecule has 3 fully saturated rings. The number of hydrogen-bond donors (Lipinski definition) is 0. The van der Waals surface area contributed by atoms with Gasteiger partial charge in [0.05, 0.1) is 79.3 Å². The summed E-state index contributed by atoms with van der Waals surface area (Å²) in [5.74, 6) is 0. The Bertz CT molecular complexity index is 1060. The zero-order chi connectivity index (χ0) is 32.9. The molecule has 6 rings (SSSR count). The summed E-state index contributed by atoms with van der Waals surface area (Å²) < 4.78 is 66.5. The second-order valence-corrected chi connectivity index (χ2v) is 15.2. The molecular weight excluding hydrogens is 662 g/mol. The second-order valence-electron chi connectivity index (χ2n) is 11.5. The van der Waals surface area contributed by atoms with E-state index in [1.54, 1.807) is 54.6 Å². The molecule has 8 nitrogen and oxygen atoms in total. The fraction of sp³-hybridized carbons (Fsp3) is 0.500. The van der Waals surface area contributed by atoms with Crippen molar-refractivity contribution in [3.05, 3.63) is 91.0 Å². The Hall–Kier alpha value is -0.947. The van der Waals surface area contributed by atoms with Crippen molar-refractivity contribution in [1.82, 2.24) is 9.80 Å². The number of ether oxygens (including phenoxy) is 6. The maximum atomic E-state index is 16.2. The van der Waals surface area contributed by atoms with E-state index < -0.39 is 8.02 Å². The second kappa shape index (κ2) is 23.5. The average Bonchev–Trinajstić information content (AvgIpc) is 3.11. The molecule has 260 valence electrons. The molecule has 2 bridgehead atoms. The van der Waals surface area contributed by atoms with E-state index in [9.17, 15) is 0 Å². The molecule has 0 radical (unpaired) electrons. The topological polar surface area (TPSA) is 61.9 Å². The van der Waals surface area contributed by atoms with Crippen molar-refractivity contribution >= 4 is 23.6 Å². The molecule has 12 heteroatoms. The fourth-order valence-corrected chi connectivity index (χ4v) is 8.82. The van der Waals surface area contributed by atoms with Crippen LogP contribution in [-0.2, 0) is 28.4 Å². The Kier molecular flexibility index (Phi) is 20.3. The van der Waals surface area contributed by atoms with Gasteiger partial charge in [0.25, 0.3) is 0 Å². The van der Waals surface area contributed by atoms with Crippen molar-refractivity contribution < 1.29 is 88.0 Å². The summed E-state index contributed by atoms with van der Waals surface area (Å²) in [5.41, 5.74) is 0. The molecule has 0 amide bonds. The van der Waals surface area contributed by atoms with Crippen molar-refractivity contribution in [3.63, 3.8) is 0 Å². The zero-order valence-electron chi connectivity index (χ0n) is 28.5. The summed E-state index contributed by atoms with van der Waals surface area (Å²) in [5, 5.41) is 0.361. The van der Waals surface area contributed by atoms with E-state index in [1.165, 1.54) is 36.4 Å². The Morgan fingerprint density at radius 3 is 0.771 bits per heavy atom. The van der Waals surface area contributed by atoms with Gasteiger partial charge in [-0.3, -0.25) is 9.80 Å². The third-order valence-electron chi connectivity index (χ3n) is 8.27. The molecule has 0 atom stereocenters. The largest absolute Gasteiger partial charge is 1.00 e. The molecule has 3 aliphatic rings. The van der Waals surface area contributed by atoms with Gasteiger partial charge in [-0.25, -0.2) is 0 Å². The Labute approximate surface area is 328 Å². The molecule has 3 aliphatic heterocycles. The molecule has 0 aliphatic carbocycles. The summed E-state index contributed by atoms with van der Waals surface area (Å²) in [6.45, 7) is 13.2. The first-order valence-corrected chi connectivity index (χ1v) is 19.0. The Balaban J connectivity index is 0.000000260. The normalized spacial score (nSPS) is 22.3. The fourth-order valence-electron chi connectivity index (χ4n) is 5.49. The third-order valence-corrected chi connectivity index (χ3v) is 12.3. The number of benzene rings is 3. The van der Waals surface area contributed by atoms with Gasteiger partial charge < -0.3 is 28.4 Å². The Morgan fingerprint density at radius 1 is 0.354 bits per heavy atom. The van der Waals surface area contributed by atoms with Crippen LogP contribution in [0.25, 0.3) is 0 Å². The minimum Gasteiger partial charge on any atom is 1.00 e. The summed E-state index contributed by atoms with van der Waals surface area (Å²) in [7, 11) is -5.68. The van der Waals surface area contributed by atoms with E-state index in [-0.39, 0.29) is 66.9 Å². The number of fused-ring (bicyclic) bond motifs is 21. The molecule has 0 unspecified atom stereocenters. The van der Waals surface area contributed by atoms with Crippen LogP contribution in [0.2, 0.25) is 0 Å². The van der Waals surface area contributed by atoms with Crippen LogP contribution < -0.4 is 66.9 Å². The number of halogens is 2. The van der Waals surface area contributed by atoms with Crippen LogP contribution in [0.4, 0.5) is 8.22 Å². The number of hydrogen-bond acceptors (Lipinski definition) is 8. The van der Waals surface area contributed by atoms with Crippen LogP contribution >= 0.6 is 0 Å². The van der Waals surface area contributed by atoms with Crippen molar-refractivity contribution in [2.24, 2.45) is 0 Å². The Morgan fingerprint density at radius 2 is 0.562 bits per heavy atom. The van der Waals surface area contributed by atoms with E-state index in [0.717, 1.165) is 39.3 Å². The average molecular weight is 713 g/mol. The summed E-state index contributed by atoms with van der Waals surface area (Å²) in [6, 6.07) is 24.5. The van der Waals surface area contributed by atoms with E-state index in [1.807, 2.05) is 0 Å². The van der Waals surface area contributed by atoms with Gasteiger partial charge >= 0.3 is 174 Å². The molecule has 3 heterocycles. The van der Waals surface area contributed by atoms with Crippen LogP contribution in [0.5, 0.6) is 0 Å². The zero-order valence-corrected chi connectivity index (χ0v) is 32.6. The molecule has 0 spiro atoms. The molecule has 0 N–H and O–H groups in total. The van der Waals surface area contributed by atoms with Gasteiger partial charge in [0, 0.05) is 39.3 Å². The van der Waals surface area contributed by atoms with Gasteiger partial charge in [-0.1, -0.05) is 0 Å². The van der Waals surface area contributed by atoms with Gasteiger partial charge in [-0.2, -0.15) is 0 Å². The SMILES string of the molecule is C1COCCN2CCOCCOCCN(CCO1)CCOCCOCC2.F[Si-](F)(c1ccccc1)(c1ccccc1)c1ccccc1.[K+]. The summed E-state index contributed by atoms with van der Waals surface area (Å²) in [6.07, 6.45) is 0. The maximum absolute atomic E-state index is 16.2. The minimum atomic E-state index is -5.68. The molecule has 3 aromatic carbocycles. The van der Waals surface area contributed by atoms with Gasteiger partial charge in [0.1, 0.15) is 0 Å². The third kappa shape index (κ3) is 13.6. The van der Waals surface area contributed by atoms with Crippen molar-refractivity contribution in [2.45, 2.75) is 0 Å². The van der Waals surface area contributed by atoms with Crippen LogP contribution in [0, 0.1) is 0 Å². The minimum absolute atomic E-state index is 0. The van der Waals surface area contributed by atoms with E-state index in [2.05, 4.69) is 9.80 Å². The molecular formula is C36H51F2KN2O6Si. The maximum Gasteiger partial charge on any atom is 1.00 e. The van der Waals surface area contributed by atoms with E-state index in [0.29, 0.717) is 79.3 Å².